The summed E-state index contributed by atoms with van der Waals surface area (Å²) in [6.45, 7) is 2.61. The maximum Gasteiger partial charge on any atom is 0.242 e. The molecule has 2 aromatic rings. The molecule has 6 heteroatoms. The van der Waals surface area contributed by atoms with Gasteiger partial charge in [0.2, 0.25) is 10.0 Å². The summed E-state index contributed by atoms with van der Waals surface area (Å²) < 4.78 is 27.5. The summed E-state index contributed by atoms with van der Waals surface area (Å²) in [5.74, 6) is 1.07. The first kappa shape index (κ1) is 13.3. The summed E-state index contributed by atoms with van der Waals surface area (Å²) in [6.07, 6.45) is 2.66. The lowest BCUT2D eigenvalue weighted by Crippen LogP contribution is -2.26. The van der Waals surface area contributed by atoms with Crippen molar-refractivity contribution < 1.29 is 8.42 Å². The molecule has 5 nitrogen and oxygen atoms in total. The number of nitrogen functional groups attached to an aromatic ring is 1. The van der Waals surface area contributed by atoms with Crippen LogP contribution in [0.1, 0.15) is 13.3 Å². The second-order valence-electron chi connectivity index (χ2n) is 5.38. The lowest BCUT2D eigenvalue weighted by atomic mass is 10.2. The zero-order valence-electron chi connectivity index (χ0n) is 11.2. The van der Waals surface area contributed by atoms with Gasteiger partial charge in [0.25, 0.3) is 0 Å². The highest BCUT2D eigenvalue weighted by Gasteiger charge is 2.33. The van der Waals surface area contributed by atoms with E-state index in [2.05, 4.69) is 16.6 Å². The van der Waals surface area contributed by atoms with Crippen LogP contribution < -0.4 is 10.5 Å². The third-order valence-electron chi connectivity index (χ3n) is 3.87. The molecule has 1 aromatic heterocycles. The van der Waals surface area contributed by atoms with Crippen molar-refractivity contribution in [3.8, 4) is 0 Å². The van der Waals surface area contributed by atoms with Gasteiger partial charge >= 0.3 is 0 Å². The monoisotopic (exact) mass is 291 g/mol. The number of sulfonamides is 1. The molecule has 0 saturated heterocycles. The smallest absolute Gasteiger partial charge is 0.242 e. The first-order valence-electron chi connectivity index (χ1n) is 6.62. The molecular formula is C14H17N3O2S. The van der Waals surface area contributed by atoms with E-state index in [1.165, 1.54) is 6.07 Å². The Hall–Kier alpha value is -1.66. The third-order valence-corrected chi connectivity index (χ3v) is 5.32. The van der Waals surface area contributed by atoms with Crippen LogP contribution in [0, 0.1) is 11.8 Å². The van der Waals surface area contributed by atoms with Crippen LogP contribution in [0.3, 0.4) is 0 Å². The molecule has 1 fully saturated rings. The molecule has 1 heterocycles. The molecule has 1 aliphatic carbocycles. The maximum atomic E-state index is 12.4. The third kappa shape index (κ3) is 2.36. The molecule has 1 saturated carbocycles. The van der Waals surface area contributed by atoms with Gasteiger partial charge in [0, 0.05) is 23.8 Å². The van der Waals surface area contributed by atoms with Crippen molar-refractivity contribution in [2.75, 3.05) is 12.3 Å². The summed E-state index contributed by atoms with van der Waals surface area (Å²) in [6, 6.07) is 6.65. The molecule has 1 aliphatic rings. The SMILES string of the molecule is CC1CC1CNS(=O)(=O)c1ccc(N)c2cccnc12. The standard InChI is InChI=1S/C14H17N3O2S/c1-9-7-10(9)8-17-20(18,19)13-5-4-12(15)11-3-2-6-16-14(11)13/h2-6,9-10,17H,7-8,15H2,1H3. The molecule has 1 aromatic carbocycles. The van der Waals surface area contributed by atoms with Crippen LogP contribution >= 0.6 is 0 Å². The fourth-order valence-corrected chi connectivity index (χ4v) is 3.62. The van der Waals surface area contributed by atoms with Crippen molar-refractivity contribution in [1.82, 2.24) is 9.71 Å². The Morgan fingerprint density at radius 3 is 2.85 bits per heavy atom. The highest BCUT2D eigenvalue weighted by atomic mass is 32.2. The quantitative estimate of drug-likeness (QED) is 0.840. The summed E-state index contributed by atoms with van der Waals surface area (Å²) in [5.41, 5.74) is 6.81. The molecule has 2 unspecified atom stereocenters. The van der Waals surface area contributed by atoms with Gasteiger partial charge in [0.1, 0.15) is 4.90 Å². The van der Waals surface area contributed by atoms with E-state index in [-0.39, 0.29) is 4.90 Å². The summed E-state index contributed by atoms with van der Waals surface area (Å²) in [5, 5.41) is 0.662. The molecule has 106 valence electrons. The Bertz CT molecular complexity index is 758. The van der Waals surface area contributed by atoms with Crippen LogP contribution in [-0.2, 0) is 10.0 Å². The summed E-state index contributed by atoms with van der Waals surface area (Å²) >= 11 is 0. The molecule has 0 bridgehead atoms. The molecule has 3 N–H and O–H groups in total. The molecule has 0 spiro atoms. The molecule has 20 heavy (non-hydrogen) atoms. The first-order chi connectivity index (χ1) is 9.49. The Morgan fingerprint density at radius 2 is 2.15 bits per heavy atom. The van der Waals surface area contributed by atoms with Gasteiger partial charge in [0.05, 0.1) is 5.52 Å². The lowest BCUT2D eigenvalue weighted by Gasteiger charge is -2.10. The van der Waals surface area contributed by atoms with E-state index in [0.717, 1.165) is 6.42 Å². The van der Waals surface area contributed by atoms with Crippen LogP contribution in [0.4, 0.5) is 5.69 Å². The van der Waals surface area contributed by atoms with Gasteiger partial charge in [-0.1, -0.05) is 6.92 Å². The highest BCUT2D eigenvalue weighted by molar-refractivity contribution is 7.89. The highest BCUT2D eigenvalue weighted by Crippen LogP contribution is 2.37. The zero-order chi connectivity index (χ0) is 14.3. The van der Waals surface area contributed by atoms with Gasteiger partial charge in [-0.05, 0) is 42.5 Å². The van der Waals surface area contributed by atoms with E-state index in [0.29, 0.717) is 35.0 Å². The van der Waals surface area contributed by atoms with Crippen molar-refractivity contribution in [1.29, 1.82) is 0 Å². The predicted molar refractivity (Wildman–Crippen MR) is 78.6 cm³/mol. The van der Waals surface area contributed by atoms with E-state index < -0.39 is 10.0 Å². The number of anilines is 1. The van der Waals surface area contributed by atoms with Gasteiger partial charge in [-0.25, -0.2) is 13.1 Å². The van der Waals surface area contributed by atoms with E-state index in [4.69, 9.17) is 5.73 Å². The lowest BCUT2D eigenvalue weighted by molar-refractivity contribution is 0.575. The molecule has 3 rings (SSSR count). The second-order valence-corrected chi connectivity index (χ2v) is 7.11. The van der Waals surface area contributed by atoms with Crippen LogP contribution in [-0.4, -0.2) is 19.9 Å². The number of fused-ring (bicyclic) bond motifs is 1. The van der Waals surface area contributed by atoms with E-state index in [9.17, 15) is 8.42 Å². The number of hydrogen-bond acceptors (Lipinski definition) is 4. The minimum absolute atomic E-state index is 0.190. The van der Waals surface area contributed by atoms with Gasteiger partial charge in [-0.15, -0.1) is 0 Å². The summed E-state index contributed by atoms with van der Waals surface area (Å²) in [4.78, 5) is 4.36. The van der Waals surface area contributed by atoms with Gasteiger partial charge in [-0.2, -0.15) is 0 Å². The summed E-state index contributed by atoms with van der Waals surface area (Å²) in [7, 11) is -3.55. The van der Waals surface area contributed by atoms with Crippen molar-refractivity contribution in [3.05, 3.63) is 30.5 Å². The average Bonchev–Trinajstić information content (AvgIpc) is 3.13. The van der Waals surface area contributed by atoms with Gasteiger partial charge in [-0.3, -0.25) is 4.98 Å². The fourth-order valence-electron chi connectivity index (χ4n) is 2.36. The molecular weight excluding hydrogens is 274 g/mol. The van der Waals surface area contributed by atoms with Crippen LogP contribution in [0.25, 0.3) is 10.9 Å². The Labute approximate surface area is 118 Å². The number of nitrogens with zero attached hydrogens (tertiary/aromatic N) is 1. The van der Waals surface area contributed by atoms with Gasteiger partial charge < -0.3 is 5.73 Å². The van der Waals surface area contributed by atoms with Gasteiger partial charge in [0.15, 0.2) is 0 Å². The van der Waals surface area contributed by atoms with Crippen molar-refractivity contribution in [3.63, 3.8) is 0 Å². The van der Waals surface area contributed by atoms with Crippen LogP contribution in [0.2, 0.25) is 0 Å². The number of aromatic nitrogens is 1. The number of nitrogens with two attached hydrogens (primary N) is 1. The van der Waals surface area contributed by atoms with E-state index >= 15 is 0 Å². The molecule has 2 atom stereocenters. The Morgan fingerprint density at radius 1 is 1.40 bits per heavy atom. The molecule has 0 aliphatic heterocycles. The first-order valence-corrected chi connectivity index (χ1v) is 8.10. The van der Waals surface area contributed by atoms with Crippen LogP contribution in [0.5, 0.6) is 0 Å². The number of hydrogen-bond donors (Lipinski definition) is 2. The largest absolute Gasteiger partial charge is 0.398 e. The number of benzene rings is 1. The Kier molecular flexibility index (Phi) is 3.14. The van der Waals surface area contributed by atoms with Crippen LogP contribution in [0.15, 0.2) is 35.4 Å². The predicted octanol–water partition coefficient (Wildman–Crippen LogP) is 1.75. The fraction of sp³-hybridized carbons (Fsp3) is 0.357. The zero-order valence-corrected chi connectivity index (χ0v) is 12.0. The number of nitrogens with one attached hydrogen (secondary N) is 1. The number of rotatable bonds is 4. The molecule has 0 radical (unpaired) electrons. The maximum absolute atomic E-state index is 12.4. The average molecular weight is 291 g/mol. The normalized spacial score (nSPS) is 22.1. The van der Waals surface area contributed by atoms with Crippen molar-refractivity contribution in [2.24, 2.45) is 11.8 Å². The van der Waals surface area contributed by atoms with E-state index in [1.807, 2.05) is 0 Å². The topological polar surface area (TPSA) is 85.1 Å². The minimum atomic E-state index is -3.55. The van der Waals surface area contributed by atoms with Crippen molar-refractivity contribution in [2.45, 2.75) is 18.2 Å². The van der Waals surface area contributed by atoms with Crippen molar-refractivity contribution >= 4 is 26.6 Å². The van der Waals surface area contributed by atoms with E-state index in [1.54, 1.807) is 24.4 Å². The molecule has 0 amide bonds. The minimum Gasteiger partial charge on any atom is -0.398 e. The number of pyridine rings is 1. The Balaban J connectivity index is 1.98. The second kappa shape index (κ2) is 4.71.